The summed E-state index contributed by atoms with van der Waals surface area (Å²) in [5, 5.41) is 2.79. The number of aryl methyl sites for hydroxylation is 1. The van der Waals surface area contributed by atoms with Gasteiger partial charge in [0.1, 0.15) is 0 Å². The second-order valence-corrected chi connectivity index (χ2v) is 4.30. The van der Waals surface area contributed by atoms with E-state index in [-0.39, 0.29) is 24.0 Å². The van der Waals surface area contributed by atoms with Crippen molar-refractivity contribution in [1.29, 1.82) is 0 Å². The first kappa shape index (κ1) is 14.0. The van der Waals surface area contributed by atoms with E-state index in [0.717, 1.165) is 0 Å². The van der Waals surface area contributed by atoms with Crippen LogP contribution in [-0.2, 0) is 11.3 Å². The van der Waals surface area contributed by atoms with E-state index in [1.807, 2.05) is 0 Å². The molecule has 2 N–H and O–H groups in total. The van der Waals surface area contributed by atoms with E-state index in [4.69, 9.17) is 11.6 Å². The Kier molecular flexibility index (Phi) is 4.31. The lowest BCUT2D eigenvalue weighted by Crippen LogP contribution is -2.29. The fourth-order valence-corrected chi connectivity index (χ4v) is 1.70. The first-order chi connectivity index (χ1) is 9.56. The third-order valence-corrected chi connectivity index (χ3v) is 2.81. The molecule has 2 aromatic heterocycles. The number of anilines is 1. The molecule has 0 aliphatic rings. The molecule has 7 nitrogen and oxygen atoms in total. The first-order valence-corrected chi connectivity index (χ1v) is 6.14. The van der Waals surface area contributed by atoms with E-state index in [1.54, 1.807) is 12.1 Å². The van der Waals surface area contributed by atoms with Gasteiger partial charge in [-0.05, 0) is 12.1 Å². The molecule has 0 aliphatic heterocycles. The number of carbonyl (C=O) groups excluding carboxylic acids is 1. The summed E-state index contributed by atoms with van der Waals surface area (Å²) in [6.07, 6.45) is 2.92. The number of nitrogens with one attached hydrogen (secondary N) is 2. The van der Waals surface area contributed by atoms with E-state index >= 15 is 0 Å². The van der Waals surface area contributed by atoms with Crippen molar-refractivity contribution in [2.24, 2.45) is 0 Å². The highest BCUT2D eigenvalue weighted by Gasteiger charge is 2.07. The Morgan fingerprint density at radius 1 is 1.40 bits per heavy atom. The van der Waals surface area contributed by atoms with Gasteiger partial charge >= 0.3 is 5.69 Å². The minimum Gasteiger partial charge on any atom is -0.323 e. The lowest BCUT2D eigenvalue weighted by Gasteiger charge is -2.07. The molecule has 1 amide bonds. The monoisotopic (exact) mass is 294 g/mol. The van der Waals surface area contributed by atoms with Gasteiger partial charge in [-0.2, -0.15) is 0 Å². The molecule has 0 unspecified atom stereocenters. The lowest BCUT2D eigenvalue weighted by atomic mass is 10.3. The number of pyridine rings is 1. The highest BCUT2D eigenvalue weighted by molar-refractivity contribution is 6.32. The molecule has 20 heavy (non-hydrogen) atoms. The molecule has 0 saturated carbocycles. The number of amides is 1. The first-order valence-electron chi connectivity index (χ1n) is 5.76. The van der Waals surface area contributed by atoms with Gasteiger partial charge in [0.05, 0.1) is 5.69 Å². The molecule has 0 aromatic carbocycles. The molecule has 2 aromatic rings. The van der Waals surface area contributed by atoms with Crippen LogP contribution in [-0.4, -0.2) is 20.4 Å². The average Bonchev–Trinajstić information content (AvgIpc) is 2.40. The number of nitrogens with zero attached hydrogens (tertiary/aromatic N) is 2. The minimum absolute atomic E-state index is 0.0666. The number of H-pyrrole nitrogens is 1. The van der Waals surface area contributed by atoms with E-state index in [0.29, 0.717) is 5.69 Å². The molecule has 0 aliphatic carbocycles. The van der Waals surface area contributed by atoms with Crippen LogP contribution in [0.1, 0.15) is 6.42 Å². The Morgan fingerprint density at radius 2 is 2.20 bits per heavy atom. The quantitative estimate of drug-likeness (QED) is 0.808. The molecule has 0 fully saturated rings. The van der Waals surface area contributed by atoms with Crippen LogP contribution in [0.15, 0.2) is 40.2 Å². The van der Waals surface area contributed by atoms with Crippen LogP contribution in [0.3, 0.4) is 0 Å². The van der Waals surface area contributed by atoms with E-state index in [1.165, 1.54) is 23.0 Å². The lowest BCUT2D eigenvalue weighted by molar-refractivity contribution is -0.116. The summed E-state index contributed by atoms with van der Waals surface area (Å²) in [7, 11) is 0. The summed E-state index contributed by atoms with van der Waals surface area (Å²) in [5.41, 5.74) is -0.615. The molecular weight excluding hydrogens is 284 g/mol. The summed E-state index contributed by atoms with van der Waals surface area (Å²) in [4.78, 5) is 40.0. The largest absolute Gasteiger partial charge is 0.328 e. The molecule has 0 spiro atoms. The molecule has 2 heterocycles. The summed E-state index contributed by atoms with van der Waals surface area (Å²) >= 11 is 5.81. The van der Waals surface area contributed by atoms with Crippen LogP contribution in [0.25, 0.3) is 0 Å². The molecule has 104 valence electrons. The second-order valence-electron chi connectivity index (χ2n) is 3.94. The topological polar surface area (TPSA) is 96.9 Å². The Balaban J connectivity index is 1.97. The second kappa shape index (κ2) is 6.16. The number of hydrogen-bond acceptors (Lipinski definition) is 4. The van der Waals surface area contributed by atoms with Crippen LogP contribution in [0, 0.1) is 0 Å². The third-order valence-electron chi connectivity index (χ3n) is 2.51. The van der Waals surface area contributed by atoms with Crippen LogP contribution >= 0.6 is 11.6 Å². The fourth-order valence-electron chi connectivity index (χ4n) is 1.53. The maximum absolute atomic E-state index is 11.7. The number of rotatable bonds is 4. The SMILES string of the molecule is O=C(CCn1ccc(=O)[nH]c1=O)Nc1cccnc1Cl. The average molecular weight is 295 g/mol. The van der Waals surface area contributed by atoms with Gasteiger partial charge in [-0.3, -0.25) is 14.6 Å². The highest BCUT2D eigenvalue weighted by atomic mass is 35.5. The van der Waals surface area contributed by atoms with E-state index < -0.39 is 11.2 Å². The molecule has 0 atom stereocenters. The summed E-state index contributed by atoms with van der Waals surface area (Å²) < 4.78 is 1.24. The van der Waals surface area contributed by atoms with E-state index in [9.17, 15) is 14.4 Å². The van der Waals surface area contributed by atoms with Gasteiger partial charge in [0.25, 0.3) is 5.56 Å². The predicted molar refractivity (Wildman–Crippen MR) is 73.8 cm³/mol. The minimum atomic E-state index is -0.551. The van der Waals surface area contributed by atoms with Crippen molar-refractivity contribution >= 4 is 23.2 Å². The van der Waals surface area contributed by atoms with Gasteiger partial charge in [-0.15, -0.1) is 0 Å². The van der Waals surface area contributed by atoms with Crippen LogP contribution in [0.5, 0.6) is 0 Å². The normalized spacial score (nSPS) is 10.2. The molecule has 0 saturated heterocycles. The van der Waals surface area contributed by atoms with Gasteiger partial charge in [0.2, 0.25) is 5.91 Å². The molecule has 0 radical (unpaired) electrons. The molecule has 8 heteroatoms. The van der Waals surface area contributed by atoms with E-state index in [2.05, 4.69) is 15.3 Å². The Hall–Kier alpha value is -2.41. The zero-order valence-corrected chi connectivity index (χ0v) is 11.1. The summed E-state index contributed by atoms with van der Waals surface area (Å²) in [5.74, 6) is -0.307. The van der Waals surface area contributed by atoms with Gasteiger partial charge in [0.15, 0.2) is 5.15 Å². The Morgan fingerprint density at radius 3 is 2.90 bits per heavy atom. The summed E-state index contributed by atoms with van der Waals surface area (Å²) in [6.45, 7) is 0.152. The smallest absolute Gasteiger partial charge is 0.323 e. The van der Waals surface area contributed by atoms with Crippen molar-refractivity contribution in [2.75, 3.05) is 5.32 Å². The Labute approximate surface area is 118 Å². The van der Waals surface area contributed by atoms with Gasteiger partial charge < -0.3 is 9.88 Å². The van der Waals surface area contributed by atoms with Crippen molar-refractivity contribution in [3.05, 3.63) is 56.6 Å². The van der Waals surface area contributed by atoms with Crippen LogP contribution < -0.4 is 16.6 Å². The van der Waals surface area contributed by atoms with Crippen LogP contribution in [0.2, 0.25) is 5.15 Å². The van der Waals surface area contributed by atoms with Crippen molar-refractivity contribution in [3.8, 4) is 0 Å². The number of hydrogen-bond donors (Lipinski definition) is 2. The fraction of sp³-hybridized carbons (Fsp3) is 0.167. The number of carbonyl (C=O) groups is 1. The van der Waals surface area contributed by atoms with Crippen LogP contribution in [0.4, 0.5) is 5.69 Å². The van der Waals surface area contributed by atoms with Gasteiger partial charge in [0, 0.05) is 31.4 Å². The van der Waals surface area contributed by atoms with Crippen molar-refractivity contribution < 1.29 is 4.79 Å². The maximum Gasteiger partial charge on any atom is 0.328 e. The third kappa shape index (κ3) is 3.55. The molecular formula is C12H11ClN4O3. The zero-order chi connectivity index (χ0) is 14.5. The van der Waals surface area contributed by atoms with Crippen molar-refractivity contribution in [3.63, 3.8) is 0 Å². The number of aromatic nitrogens is 3. The number of aromatic amines is 1. The van der Waals surface area contributed by atoms with Gasteiger partial charge in [-0.25, -0.2) is 9.78 Å². The predicted octanol–water partition coefficient (Wildman–Crippen LogP) is 0.614. The Bertz CT molecular complexity index is 738. The molecule has 2 rings (SSSR count). The maximum atomic E-state index is 11.7. The molecule has 0 bridgehead atoms. The van der Waals surface area contributed by atoms with Crippen molar-refractivity contribution in [1.82, 2.24) is 14.5 Å². The van der Waals surface area contributed by atoms with Gasteiger partial charge in [-0.1, -0.05) is 11.6 Å². The zero-order valence-electron chi connectivity index (χ0n) is 10.3. The summed E-state index contributed by atoms with van der Waals surface area (Å²) in [6, 6.07) is 4.49. The highest BCUT2D eigenvalue weighted by Crippen LogP contribution is 2.17. The standard InChI is InChI=1S/C12H11ClN4O3/c13-11-8(2-1-5-14-11)15-9(18)3-6-17-7-4-10(19)16-12(17)20/h1-2,4-5,7H,3,6H2,(H,15,18)(H,16,19,20). The number of halogens is 1. The van der Waals surface area contributed by atoms with Crippen molar-refractivity contribution in [2.45, 2.75) is 13.0 Å².